The van der Waals surface area contributed by atoms with E-state index < -0.39 is 29.6 Å². The van der Waals surface area contributed by atoms with Gasteiger partial charge in [-0.1, -0.05) is 86.1 Å². The SMILES string of the molecule is CCCCc1ccc(COc2ccc3c(c2)[C@@H](C(=O)NCCC(=O)Oc2ccc(-c4ccccc4)cc2)N(C(=O)OC(C)(C)C)CC3)cc1. The van der Waals surface area contributed by atoms with Gasteiger partial charge < -0.3 is 19.5 Å². The van der Waals surface area contributed by atoms with Crippen molar-refractivity contribution in [2.75, 3.05) is 13.1 Å². The molecule has 1 aliphatic heterocycles. The van der Waals surface area contributed by atoms with Gasteiger partial charge in [-0.2, -0.15) is 0 Å². The van der Waals surface area contributed by atoms with Crippen molar-refractivity contribution in [1.29, 1.82) is 0 Å². The fourth-order valence-electron chi connectivity index (χ4n) is 5.75. The zero-order chi connectivity index (χ0) is 34.8. The first-order chi connectivity index (χ1) is 23.6. The maximum absolute atomic E-state index is 13.8. The van der Waals surface area contributed by atoms with Gasteiger partial charge in [0.15, 0.2) is 0 Å². The molecule has 4 aromatic carbocycles. The number of benzene rings is 4. The number of unbranched alkanes of at least 4 members (excludes halogenated alkanes) is 1. The minimum Gasteiger partial charge on any atom is -0.489 e. The first-order valence-electron chi connectivity index (χ1n) is 17.1. The molecule has 256 valence electrons. The predicted octanol–water partition coefficient (Wildman–Crippen LogP) is 8.22. The number of hydrogen-bond acceptors (Lipinski definition) is 6. The number of nitrogens with one attached hydrogen (secondary N) is 1. The van der Waals surface area contributed by atoms with Crippen molar-refractivity contribution in [3.8, 4) is 22.6 Å². The topological polar surface area (TPSA) is 94.2 Å². The molecule has 0 fully saturated rings. The Kier molecular flexibility index (Phi) is 11.7. The summed E-state index contributed by atoms with van der Waals surface area (Å²) in [6.45, 7) is 8.29. The molecule has 8 nitrogen and oxygen atoms in total. The molecule has 8 heteroatoms. The molecule has 49 heavy (non-hydrogen) atoms. The predicted molar refractivity (Wildman–Crippen MR) is 190 cm³/mol. The number of aryl methyl sites for hydroxylation is 1. The first-order valence-corrected chi connectivity index (χ1v) is 17.1. The van der Waals surface area contributed by atoms with Gasteiger partial charge in [-0.3, -0.25) is 14.5 Å². The Bertz CT molecular complexity index is 1710. The van der Waals surface area contributed by atoms with E-state index in [1.165, 1.54) is 10.5 Å². The van der Waals surface area contributed by atoms with Crippen molar-refractivity contribution in [3.63, 3.8) is 0 Å². The third kappa shape index (κ3) is 9.95. The molecule has 0 unspecified atom stereocenters. The Hall–Kier alpha value is -5.11. The molecule has 1 aliphatic rings. The third-order valence-corrected chi connectivity index (χ3v) is 8.29. The van der Waals surface area contributed by atoms with Gasteiger partial charge in [0.1, 0.15) is 29.7 Å². The van der Waals surface area contributed by atoms with Gasteiger partial charge in [-0.05, 0) is 97.7 Å². The van der Waals surface area contributed by atoms with E-state index in [-0.39, 0.29) is 13.0 Å². The van der Waals surface area contributed by atoms with Crippen LogP contribution in [0.3, 0.4) is 0 Å². The van der Waals surface area contributed by atoms with E-state index in [1.54, 1.807) is 32.9 Å². The molecule has 1 heterocycles. The Morgan fingerprint density at radius 1 is 0.837 bits per heavy atom. The summed E-state index contributed by atoms with van der Waals surface area (Å²) in [7, 11) is 0. The summed E-state index contributed by atoms with van der Waals surface area (Å²) in [5.41, 5.74) is 5.31. The number of rotatable bonds is 12. The van der Waals surface area contributed by atoms with Gasteiger partial charge in [0.05, 0.1) is 6.42 Å². The lowest BCUT2D eigenvalue weighted by Crippen LogP contribution is -2.49. The van der Waals surface area contributed by atoms with Crippen LogP contribution >= 0.6 is 0 Å². The molecule has 2 amide bonds. The molecule has 0 saturated heterocycles. The highest BCUT2D eigenvalue weighted by Crippen LogP contribution is 2.34. The van der Waals surface area contributed by atoms with E-state index in [0.717, 1.165) is 41.5 Å². The zero-order valence-corrected chi connectivity index (χ0v) is 28.9. The molecule has 1 N–H and O–H groups in total. The maximum Gasteiger partial charge on any atom is 0.411 e. The lowest BCUT2D eigenvalue weighted by molar-refractivity contribution is -0.134. The van der Waals surface area contributed by atoms with Crippen LogP contribution in [0.1, 0.15) is 75.3 Å². The molecule has 1 atom stereocenters. The van der Waals surface area contributed by atoms with Gasteiger partial charge in [-0.25, -0.2) is 4.79 Å². The number of nitrogens with zero attached hydrogens (tertiary/aromatic N) is 1. The molecule has 0 spiro atoms. The van der Waals surface area contributed by atoms with E-state index in [1.807, 2.05) is 60.7 Å². The first kappa shape index (κ1) is 35.2. The maximum atomic E-state index is 13.8. The summed E-state index contributed by atoms with van der Waals surface area (Å²) in [4.78, 5) is 41.3. The molecular formula is C41H46N2O6. The van der Waals surface area contributed by atoms with Gasteiger partial charge in [-0.15, -0.1) is 0 Å². The van der Waals surface area contributed by atoms with Gasteiger partial charge in [0.2, 0.25) is 5.91 Å². The Morgan fingerprint density at radius 3 is 2.20 bits per heavy atom. The highest BCUT2D eigenvalue weighted by Gasteiger charge is 2.38. The number of amides is 2. The third-order valence-electron chi connectivity index (χ3n) is 8.29. The minimum atomic E-state index is -0.957. The van der Waals surface area contributed by atoms with Crippen LogP contribution in [-0.2, 0) is 33.8 Å². The van der Waals surface area contributed by atoms with Crippen molar-refractivity contribution >= 4 is 18.0 Å². The van der Waals surface area contributed by atoms with Crippen LogP contribution in [-0.4, -0.2) is 41.6 Å². The van der Waals surface area contributed by atoms with Crippen LogP contribution < -0.4 is 14.8 Å². The molecule has 4 aromatic rings. The number of esters is 1. The van der Waals surface area contributed by atoms with Gasteiger partial charge in [0.25, 0.3) is 0 Å². The summed E-state index contributed by atoms with van der Waals surface area (Å²) >= 11 is 0. The second-order valence-electron chi connectivity index (χ2n) is 13.3. The van der Waals surface area contributed by atoms with Crippen LogP contribution in [0.4, 0.5) is 4.79 Å². The highest BCUT2D eigenvalue weighted by atomic mass is 16.6. The molecule has 0 bridgehead atoms. The van der Waals surface area contributed by atoms with Crippen LogP contribution in [0.5, 0.6) is 11.5 Å². The monoisotopic (exact) mass is 662 g/mol. The summed E-state index contributed by atoms with van der Waals surface area (Å²) in [5, 5.41) is 2.86. The molecule has 0 saturated carbocycles. The average molecular weight is 663 g/mol. The van der Waals surface area contributed by atoms with Crippen LogP contribution in [0.25, 0.3) is 11.1 Å². The molecular weight excluding hydrogens is 616 g/mol. The van der Waals surface area contributed by atoms with Crippen molar-refractivity contribution in [1.82, 2.24) is 10.2 Å². The standard InChI is InChI=1S/C41H46N2O6/c1-5-6-10-29-13-15-30(16-14-29)28-47-35-22-19-33-24-26-43(40(46)49-41(2,3)4)38(36(33)27-35)39(45)42-25-23-37(44)48-34-20-17-32(18-21-34)31-11-8-7-9-12-31/h7-9,11-22,27,38H,5-6,10,23-26,28H2,1-4H3,(H,42,45)/t38-/m0/s1. The fraction of sp³-hybridized carbons (Fsp3) is 0.341. The molecule has 5 rings (SSSR count). The molecule has 0 aromatic heterocycles. The van der Waals surface area contributed by atoms with Crippen LogP contribution in [0.15, 0.2) is 97.1 Å². The van der Waals surface area contributed by atoms with Crippen LogP contribution in [0.2, 0.25) is 0 Å². The van der Waals surface area contributed by atoms with Crippen molar-refractivity contribution in [3.05, 3.63) is 119 Å². The normalized spacial score (nSPS) is 14.0. The van der Waals surface area contributed by atoms with E-state index in [0.29, 0.717) is 36.6 Å². The number of hydrogen-bond donors (Lipinski definition) is 1. The van der Waals surface area contributed by atoms with Crippen molar-refractivity contribution in [2.45, 2.75) is 78.0 Å². The number of carbonyl (C=O) groups excluding carboxylic acids is 3. The Balaban J connectivity index is 1.24. The molecule has 0 aliphatic carbocycles. The van der Waals surface area contributed by atoms with E-state index in [4.69, 9.17) is 14.2 Å². The van der Waals surface area contributed by atoms with Crippen molar-refractivity contribution in [2.24, 2.45) is 0 Å². The molecule has 0 radical (unpaired) electrons. The second kappa shape index (κ2) is 16.3. The smallest absolute Gasteiger partial charge is 0.411 e. The lowest BCUT2D eigenvalue weighted by Gasteiger charge is -2.37. The average Bonchev–Trinajstić information content (AvgIpc) is 3.09. The van der Waals surface area contributed by atoms with Crippen LogP contribution in [0, 0.1) is 0 Å². The largest absolute Gasteiger partial charge is 0.489 e. The summed E-state index contributed by atoms with van der Waals surface area (Å²) in [5.74, 6) is 0.134. The lowest BCUT2D eigenvalue weighted by atomic mass is 9.92. The summed E-state index contributed by atoms with van der Waals surface area (Å²) in [6, 6.07) is 30.4. The summed E-state index contributed by atoms with van der Waals surface area (Å²) < 4.78 is 17.4. The van der Waals surface area contributed by atoms with E-state index >= 15 is 0 Å². The quantitative estimate of drug-likeness (QED) is 0.121. The number of carbonyl (C=O) groups is 3. The zero-order valence-electron chi connectivity index (χ0n) is 28.9. The number of fused-ring (bicyclic) bond motifs is 1. The van der Waals surface area contributed by atoms with Crippen molar-refractivity contribution < 1.29 is 28.6 Å². The second-order valence-corrected chi connectivity index (χ2v) is 13.3. The fourth-order valence-corrected chi connectivity index (χ4v) is 5.75. The van der Waals surface area contributed by atoms with Gasteiger partial charge >= 0.3 is 12.1 Å². The minimum absolute atomic E-state index is 0.0399. The Labute approximate surface area is 289 Å². The van der Waals surface area contributed by atoms with Gasteiger partial charge in [0, 0.05) is 13.1 Å². The highest BCUT2D eigenvalue weighted by molar-refractivity contribution is 5.88. The summed E-state index contributed by atoms with van der Waals surface area (Å²) in [6.07, 6.45) is 3.32. The van der Waals surface area contributed by atoms with E-state index in [9.17, 15) is 14.4 Å². The Morgan fingerprint density at radius 2 is 1.51 bits per heavy atom. The van der Waals surface area contributed by atoms with E-state index in [2.05, 4.69) is 36.5 Å². The number of ether oxygens (including phenoxy) is 3.